The number of hydrogen-bond donors (Lipinski definition) is 2. The van der Waals surface area contributed by atoms with Crippen LogP contribution in [0, 0.1) is 0 Å². The van der Waals surface area contributed by atoms with Crippen LogP contribution < -0.4 is 15.7 Å². The molecular formula is C13H16N4O3S. The zero-order chi connectivity index (χ0) is 15.2. The zero-order valence-electron chi connectivity index (χ0n) is 11.8. The topological polar surface area (TPSA) is 89.0 Å². The molecule has 2 N–H and O–H groups in total. The summed E-state index contributed by atoms with van der Waals surface area (Å²) in [6.45, 7) is 2.41. The second-order valence-electron chi connectivity index (χ2n) is 4.14. The summed E-state index contributed by atoms with van der Waals surface area (Å²) in [5.74, 6) is 0.589. The molecule has 0 aliphatic carbocycles. The molecule has 0 unspecified atom stereocenters. The molecule has 2 rings (SSSR count). The second kappa shape index (κ2) is 6.98. The highest BCUT2D eigenvalue weighted by Crippen LogP contribution is 2.24. The largest absolute Gasteiger partial charge is 0.492 e. The molecule has 21 heavy (non-hydrogen) atoms. The number of amides is 1. The minimum atomic E-state index is -0.306. The number of ether oxygens (including phenoxy) is 1. The maximum absolute atomic E-state index is 11.9. The van der Waals surface area contributed by atoms with Gasteiger partial charge in [0.2, 0.25) is 5.91 Å². The van der Waals surface area contributed by atoms with Gasteiger partial charge in [0.15, 0.2) is 5.16 Å². The van der Waals surface area contributed by atoms with Gasteiger partial charge in [-0.05, 0) is 19.1 Å². The third kappa shape index (κ3) is 3.88. The van der Waals surface area contributed by atoms with E-state index in [4.69, 9.17) is 4.74 Å². The molecule has 0 spiro atoms. The first-order chi connectivity index (χ1) is 10.1. The van der Waals surface area contributed by atoms with Crippen molar-refractivity contribution in [1.82, 2.24) is 14.8 Å². The highest BCUT2D eigenvalue weighted by Gasteiger charge is 2.10. The minimum absolute atomic E-state index is 0.151. The number of anilines is 1. The summed E-state index contributed by atoms with van der Waals surface area (Å²) in [5.41, 5.74) is 0.320. The van der Waals surface area contributed by atoms with Gasteiger partial charge in [-0.2, -0.15) is 0 Å². The molecule has 1 aromatic heterocycles. The van der Waals surface area contributed by atoms with Crippen molar-refractivity contribution >= 4 is 23.4 Å². The molecule has 0 radical (unpaired) electrons. The molecular weight excluding hydrogens is 292 g/mol. The van der Waals surface area contributed by atoms with Gasteiger partial charge in [-0.3, -0.25) is 9.36 Å². The van der Waals surface area contributed by atoms with Crippen molar-refractivity contribution in [2.24, 2.45) is 7.05 Å². The summed E-state index contributed by atoms with van der Waals surface area (Å²) >= 11 is 1.18. The van der Waals surface area contributed by atoms with Crippen molar-refractivity contribution < 1.29 is 9.53 Å². The molecule has 2 aromatic rings. The molecule has 0 saturated heterocycles. The Morgan fingerprint density at radius 2 is 2.24 bits per heavy atom. The average molecular weight is 308 g/mol. The lowest BCUT2D eigenvalue weighted by atomic mass is 10.3. The van der Waals surface area contributed by atoms with Crippen LogP contribution in [0.2, 0.25) is 0 Å². The third-order valence-corrected chi connectivity index (χ3v) is 3.66. The first-order valence-corrected chi connectivity index (χ1v) is 7.36. The molecule has 0 atom stereocenters. The van der Waals surface area contributed by atoms with Crippen LogP contribution in [0.3, 0.4) is 0 Å². The van der Waals surface area contributed by atoms with E-state index < -0.39 is 0 Å². The Morgan fingerprint density at radius 1 is 1.48 bits per heavy atom. The quantitative estimate of drug-likeness (QED) is 0.784. The molecule has 0 aliphatic rings. The summed E-state index contributed by atoms with van der Waals surface area (Å²) in [4.78, 5) is 23.2. The van der Waals surface area contributed by atoms with Crippen molar-refractivity contribution in [1.29, 1.82) is 0 Å². The van der Waals surface area contributed by atoms with Gasteiger partial charge in [0.25, 0.3) is 0 Å². The van der Waals surface area contributed by atoms with Crippen LogP contribution in [0.5, 0.6) is 5.75 Å². The minimum Gasteiger partial charge on any atom is -0.492 e. The van der Waals surface area contributed by atoms with Crippen LogP contribution in [-0.2, 0) is 11.8 Å². The lowest BCUT2D eigenvalue weighted by Gasteiger charge is -2.10. The summed E-state index contributed by atoms with van der Waals surface area (Å²) in [5, 5.41) is 9.39. The Kier molecular flexibility index (Phi) is 5.04. The van der Waals surface area contributed by atoms with Crippen LogP contribution in [0.1, 0.15) is 6.92 Å². The van der Waals surface area contributed by atoms with Crippen LogP contribution in [0.25, 0.3) is 0 Å². The van der Waals surface area contributed by atoms with E-state index in [0.29, 0.717) is 23.2 Å². The van der Waals surface area contributed by atoms with E-state index in [1.807, 2.05) is 19.1 Å². The first-order valence-electron chi connectivity index (χ1n) is 6.37. The van der Waals surface area contributed by atoms with Gasteiger partial charge in [0, 0.05) is 7.05 Å². The molecule has 8 heteroatoms. The number of aromatic nitrogens is 3. The predicted molar refractivity (Wildman–Crippen MR) is 80.8 cm³/mol. The van der Waals surface area contributed by atoms with Crippen molar-refractivity contribution in [3.8, 4) is 5.75 Å². The van der Waals surface area contributed by atoms with Gasteiger partial charge in [0.05, 0.1) is 18.0 Å². The van der Waals surface area contributed by atoms with E-state index >= 15 is 0 Å². The Balaban J connectivity index is 1.96. The van der Waals surface area contributed by atoms with Gasteiger partial charge >= 0.3 is 5.69 Å². The maximum Gasteiger partial charge on any atom is 0.343 e. The fraction of sp³-hybridized carbons (Fsp3) is 0.308. The fourth-order valence-electron chi connectivity index (χ4n) is 1.63. The van der Waals surface area contributed by atoms with Crippen LogP contribution >= 0.6 is 11.8 Å². The molecule has 0 fully saturated rings. The third-order valence-electron chi connectivity index (χ3n) is 2.63. The monoisotopic (exact) mass is 308 g/mol. The molecule has 0 saturated carbocycles. The number of aromatic amines is 1. The number of hydrogen-bond acceptors (Lipinski definition) is 5. The van der Waals surface area contributed by atoms with E-state index in [9.17, 15) is 9.59 Å². The van der Waals surface area contributed by atoms with Gasteiger partial charge in [0.1, 0.15) is 5.75 Å². The number of carbonyl (C=O) groups is 1. The lowest BCUT2D eigenvalue weighted by Crippen LogP contribution is -2.16. The van der Waals surface area contributed by atoms with Crippen LogP contribution in [0.4, 0.5) is 5.69 Å². The Hall–Kier alpha value is -2.22. The van der Waals surface area contributed by atoms with E-state index in [0.717, 1.165) is 0 Å². The van der Waals surface area contributed by atoms with Crippen molar-refractivity contribution in [3.05, 3.63) is 34.7 Å². The number of para-hydroxylation sites is 2. The van der Waals surface area contributed by atoms with E-state index in [1.54, 1.807) is 19.2 Å². The van der Waals surface area contributed by atoms with Gasteiger partial charge in [-0.1, -0.05) is 23.9 Å². The number of nitrogens with one attached hydrogen (secondary N) is 2. The second-order valence-corrected chi connectivity index (χ2v) is 5.08. The fourth-order valence-corrected chi connectivity index (χ4v) is 2.35. The first kappa shape index (κ1) is 15.2. The van der Waals surface area contributed by atoms with Crippen LogP contribution in [-0.4, -0.2) is 33.0 Å². The highest BCUT2D eigenvalue weighted by atomic mass is 32.2. The number of benzene rings is 1. The highest BCUT2D eigenvalue weighted by molar-refractivity contribution is 7.99. The number of rotatable bonds is 6. The Labute approximate surface area is 125 Å². The smallest absolute Gasteiger partial charge is 0.343 e. The van der Waals surface area contributed by atoms with Crippen molar-refractivity contribution in [3.63, 3.8) is 0 Å². The molecule has 1 amide bonds. The summed E-state index contributed by atoms with van der Waals surface area (Å²) < 4.78 is 6.79. The lowest BCUT2D eigenvalue weighted by molar-refractivity contribution is -0.113. The van der Waals surface area contributed by atoms with Crippen LogP contribution in [0.15, 0.2) is 34.2 Å². The summed E-state index contributed by atoms with van der Waals surface area (Å²) in [7, 11) is 1.59. The normalized spacial score (nSPS) is 10.4. The molecule has 0 aliphatic heterocycles. The van der Waals surface area contributed by atoms with E-state index in [1.165, 1.54) is 16.3 Å². The summed E-state index contributed by atoms with van der Waals surface area (Å²) in [6.07, 6.45) is 0. The average Bonchev–Trinajstić information content (AvgIpc) is 2.79. The molecule has 112 valence electrons. The summed E-state index contributed by atoms with van der Waals surface area (Å²) in [6, 6.07) is 7.24. The molecule has 0 bridgehead atoms. The number of nitrogens with zero attached hydrogens (tertiary/aromatic N) is 2. The van der Waals surface area contributed by atoms with E-state index in [2.05, 4.69) is 15.5 Å². The zero-order valence-corrected chi connectivity index (χ0v) is 12.6. The van der Waals surface area contributed by atoms with Crippen molar-refractivity contribution in [2.75, 3.05) is 17.7 Å². The Morgan fingerprint density at radius 3 is 2.90 bits per heavy atom. The molecule has 7 nitrogen and oxygen atoms in total. The standard InChI is InChI=1S/C13H16N4O3S/c1-3-20-10-7-5-4-6-9(10)14-11(18)8-21-13-16-15-12(19)17(13)2/h4-7H,3,8H2,1-2H3,(H,14,18)(H,15,19). The van der Waals surface area contributed by atoms with Gasteiger partial charge in [-0.15, -0.1) is 5.10 Å². The predicted octanol–water partition coefficient (Wildman–Crippen LogP) is 1.24. The van der Waals surface area contributed by atoms with E-state index in [-0.39, 0.29) is 17.3 Å². The number of H-pyrrole nitrogens is 1. The molecule has 1 aromatic carbocycles. The van der Waals surface area contributed by atoms with Crippen molar-refractivity contribution in [2.45, 2.75) is 12.1 Å². The Bertz CT molecular complexity index is 680. The number of thioether (sulfide) groups is 1. The number of carbonyl (C=O) groups excluding carboxylic acids is 1. The molecule has 1 heterocycles. The SMILES string of the molecule is CCOc1ccccc1NC(=O)CSc1n[nH]c(=O)n1C. The maximum atomic E-state index is 11.9. The van der Waals surface area contributed by atoms with Gasteiger partial charge in [-0.25, -0.2) is 9.89 Å². The van der Waals surface area contributed by atoms with Gasteiger partial charge < -0.3 is 10.1 Å².